The van der Waals surface area contributed by atoms with Gasteiger partial charge in [-0.05, 0) is 43.9 Å². The summed E-state index contributed by atoms with van der Waals surface area (Å²) in [4.78, 5) is 4.67. The van der Waals surface area contributed by atoms with Crippen LogP contribution in [-0.4, -0.2) is 31.6 Å². The number of allylic oxidation sites excluding steroid dienone is 1. The average molecular weight is 394 g/mol. The van der Waals surface area contributed by atoms with Crippen molar-refractivity contribution in [3.05, 3.63) is 47.2 Å². The number of benzene rings is 1. The van der Waals surface area contributed by atoms with Crippen molar-refractivity contribution in [3.63, 3.8) is 0 Å². The number of aliphatic imine (C=N–C) groups is 1. The van der Waals surface area contributed by atoms with Gasteiger partial charge in [0.1, 0.15) is 17.9 Å². The second-order valence-corrected chi connectivity index (χ2v) is 8.48. The van der Waals surface area contributed by atoms with Gasteiger partial charge in [-0.2, -0.15) is 5.26 Å². The summed E-state index contributed by atoms with van der Waals surface area (Å²) in [6.07, 6.45) is 4.45. The third kappa shape index (κ3) is 4.71. The Morgan fingerprint density at radius 1 is 1.38 bits per heavy atom. The van der Waals surface area contributed by atoms with Gasteiger partial charge < -0.3 is 14.8 Å². The van der Waals surface area contributed by atoms with E-state index in [0.29, 0.717) is 30.6 Å². The van der Waals surface area contributed by atoms with E-state index in [0.717, 1.165) is 41.8 Å². The maximum Gasteiger partial charge on any atom is 0.137 e. The Bertz CT molecular complexity index is 871. The summed E-state index contributed by atoms with van der Waals surface area (Å²) in [7, 11) is 0. The molecule has 1 unspecified atom stereocenters. The Balaban J connectivity index is 1.98. The number of ether oxygens (including phenoxy) is 2. The van der Waals surface area contributed by atoms with E-state index in [1.165, 1.54) is 0 Å². The number of nitrogens with one attached hydrogen (secondary N) is 1. The zero-order chi connectivity index (χ0) is 21.0. The highest BCUT2D eigenvalue weighted by atomic mass is 16.5. The van der Waals surface area contributed by atoms with Crippen LogP contribution in [0.5, 0.6) is 5.75 Å². The molecular weight excluding hydrogens is 362 g/mol. The lowest BCUT2D eigenvalue weighted by atomic mass is 9.74. The topological polar surface area (TPSA) is 66.6 Å². The molecule has 0 radical (unpaired) electrons. The first-order valence-electron chi connectivity index (χ1n) is 10.3. The molecule has 0 aromatic heterocycles. The van der Waals surface area contributed by atoms with Crippen LogP contribution < -0.4 is 10.1 Å². The van der Waals surface area contributed by atoms with Crippen molar-refractivity contribution >= 4 is 11.9 Å². The number of nitrogens with zero attached hydrogens (tertiary/aromatic N) is 2. The first-order chi connectivity index (χ1) is 13.9. The zero-order valence-electron chi connectivity index (χ0n) is 17.9. The molecule has 2 heterocycles. The van der Waals surface area contributed by atoms with E-state index in [9.17, 15) is 5.26 Å². The quantitative estimate of drug-likeness (QED) is 0.743. The van der Waals surface area contributed by atoms with Crippen LogP contribution in [0.4, 0.5) is 0 Å². The monoisotopic (exact) mass is 393 g/mol. The van der Waals surface area contributed by atoms with Crippen molar-refractivity contribution in [3.8, 4) is 11.8 Å². The molecule has 0 spiro atoms. The van der Waals surface area contributed by atoms with Gasteiger partial charge in [-0.15, -0.1) is 0 Å². The molecule has 0 saturated carbocycles. The number of piperidine rings is 1. The minimum Gasteiger partial charge on any atom is -0.489 e. The Kier molecular flexibility index (Phi) is 6.44. The van der Waals surface area contributed by atoms with Gasteiger partial charge in [-0.3, -0.25) is 4.99 Å². The molecule has 1 aromatic carbocycles. The van der Waals surface area contributed by atoms with Crippen LogP contribution in [0.3, 0.4) is 0 Å². The van der Waals surface area contributed by atoms with Crippen LogP contribution in [0, 0.1) is 16.7 Å². The smallest absolute Gasteiger partial charge is 0.137 e. The van der Waals surface area contributed by atoms with E-state index < -0.39 is 0 Å². The minimum atomic E-state index is 0.0786. The summed E-state index contributed by atoms with van der Waals surface area (Å²) in [5, 5.41) is 13.2. The molecule has 2 fully saturated rings. The molecule has 29 heavy (non-hydrogen) atoms. The molecule has 154 valence electrons. The van der Waals surface area contributed by atoms with Crippen LogP contribution in [0.2, 0.25) is 0 Å². The summed E-state index contributed by atoms with van der Waals surface area (Å²) in [5.74, 6) is 0.627. The third-order valence-electron chi connectivity index (χ3n) is 5.94. The molecular formula is C24H31N3O2. The van der Waals surface area contributed by atoms with Gasteiger partial charge in [0, 0.05) is 41.9 Å². The van der Waals surface area contributed by atoms with Crippen LogP contribution in [-0.2, 0) is 4.74 Å². The lowest BCUT2D eigenvalue weighted by molar-refractivity contribution is 0.0254. The van der Waals surface area contributed by atoms with Crippen LogP contribution >= 0.6 is 0 Å². The van der Waals surface area contributed by atoms with Gasteiger partial charge in [-0.1, -0.05) is 20.4 Å². The first-order valence-corrected chi connectivity index (χ1v) is 10.3. The molecule has 2 saturated heterocycles. The standard InChI is InChI=1S/C24H31N3O2/c1-6-26-23(21-14-24(4,5)17(3)27-16(21)2)18-7-8-22(19(13-18)15-25)29-20-9-11-28-12-10-20/h6-8,13,17,20,27H,2,9-12,14H2,1,3-5H3/b23-21-,26-6?. The average Bonchev–Trinajstić information content (AvgIpc) is 2.70. The van der Waals surface area contributed by atoms with Gasteiger partial charge >= 0.3 is 0 Å². The second-order valence-electron chi connectivity index (χ2n) is 8.48. The SMILES string of the molecule is C=C1NC(C)C(C)(C)C/C1=C(/N=CC)c1ccc(OC2CCOCC2)c(C#N)c1. The maximum atomic E-state index is 9.73. The summed E-state index contributed by atoms with van der Waals surface area (Å²) in [5.41, 5.74) is 4.36. The van der Waals surface area contributed by atoms with Crippen molar-refractivity contribution in [1.82, 2.24) is 5.32 Å². The molecule has 5 nitrogen and oxygen atoms in total. The molecule has 1 N–H and O–H groups in total. The highest BCUT2D eigenvalue weighted by molar-refractivity contribution is 5.78. The predicted octanol–water partition coefficient (Wildman–Crippen LogP) is 4.84. The number of hydrogen-bond acceptors (Lipinski definition) is 5. The molecule has 0 bridgehead atoms. The Morgan fingerprint density at radius 2 is 2.10 bits per heavy atom. The van der Waals surface area contributed by atoms with E-state index in [-0.39, 0.29) is 11.5 Å². The van der Waals surface area contributed by atoms with Crippen molar-refractivity contribution in [1.29, 1.82) is 5.26 Å². The fraction of sp³-hybridized carbons (Fsp3) is 0.500. The van der Waals surface area contributed by atoms with Gasteiger partial charge in [0.25, 0.3) is 0 Å². The van der Waals surface area contributed by atoms with Gasteiger partial charge in [-0.25, -0.2) is 0 Å². The molecule has 0 amide bonds. The van der Waals surface area contributed by atoms with Crippen LogP contribution in [0.15, 0.2) is 41.0 Å². The highest BCUT2D eigenvalue weighted by Gasteiger charge is 2.34. The molecule has 3 rings (SSSR count). The van der Waals surface area contributed by atoms with Crippen molar-refractivity contribution in [2.75, 3.05) is 13.2 Å². The maximum absolute atomic E-state index is 9.73. The Morgan fingerprint density at radius 3 is 2.76 bits per heavy atom. The largest absolute Gasteiger partial charge is 0.489 e. The zero-order valence-corrected chi connectivity index (χ0v) is 17.9. The van der Waals surface area contributed by atoms with E-state index in [1.54, 1.807) is 6.21 Å². The van der Waals surface area contributed by atoms with E-state index in [2.05, 4.69) is 43.7 Å². The van der Waals surface area contributed by atoms with Crippen molar-refractivity contribution in [2.24, 2.45) is 10.4 Å². The van der Waals surface area contributed by atoms with Crippen LogP contribution in [0.25, 0.3) is 5.70 Å². The van der Waals surface area contributed by atoms with E-state index in [4.69, 9.17) is 9.47 Å². The number of rotatable bonds is 4. The third-order valence-corrected chi connectivity index (χ3v) is 5.94. The fourth-order valence-electron chi connectivity index (χ4n) is 3.78. The van der Waals surface area contributed by atoms with Crippen molar-refractivity contribution in [2.45, 2.75) is 59.1 Å². The summed E-state index contributed by atoms with van der Waals surface area (Å²) in [6.45, 7) is 14.2. The molecule has 2 aliphatic heterocycles. The summed E-state index contributed by atoms with van der Waals surface area (Å²) < 4.78 is 11.5. The normalized spacial score (nSPS) is 24.1. The fourth-order valence-corrected chi connectivity index (χ4v) is 3.78. The Hall–Kier alpha value is -2.58. The molecule has 0 aliphatic carbocycles. The molecule has 5 heteroatoms. The molecule has 1 atom stereocenters. The summed E-state index contributed by atoms with van der Waals surface area (Å²) >= 11 is 0. The number of nitriles is 1. The molecule has 2 aliphatic rings. The first kappa shape index (κ1) is 21.1. The van der Waals surface area contributed by atoms with Crippen LogP contribution in [0.1, 0.15) is 58.1 Å². The predicted molar refractivity (Wildman–Crippen MR) is 117 cm³/mol. The lowest BCUT2D eigenvalue weighted by Crippen LogP contribution is -2.44. The van der Waals surface area contributed by atoms with Gasteiger partial charge in [0.05, 0.1) is 24.5 Å². The minimum absolute atomic E-state index is 0.0786. The van der Waals surface area contributed by atoms with E-state index in [1.807, 2.05) is 25.1 Å². The lowest BCUT2D eigenvalue weighted by Gasteiger charge is -2.40. The Labute approximate surface area is 174 Å². The van der Waals surface area contributed by atoms with Gasteiger partial charge in [0.15, 0.2) is 0 Å². The summed E-state index contributed by atoms with van der Waals surface area (Å²) in [6, 6.07) is 8.38. The van der Waals surface area contributed by atoms with Crippen molar-refractivity contribution < 1.29 is 9.47 Å². The van der Waals surface area contributed by atoms with Gasteiger partial charge in [0.2, 0.25) is 0 Å². The number of hydrogen-bond donors (Lipinski definition) is 1. The molecule has 1 aromatic rings. The second kappa shape index (κ2) is 8.84. The highest BCUT2D eigenvalue weighted by Crippen LogP contribution is 2.40. The van der Waals surface area contributed by atoms with E-state index >= 15 is 0 Å².